The van der Waals surface area contributed by atoms with Crippen molar-refractivity contribution in [1.82, 2.24) is 5.32 Å². The number of hydrogen-bond donors (Lipinski definition) is 3. The number of carbonyl (C=O) groups excluding carboxylic acids is 1. The van der Waals surface area contributed by atoms with Gasteiger partial charge in [0, 0.05) is 45.5 Å². The lowest BCUT2D eigenvalue weighted by molar-refractivity contribution is -0.334. The Labute approximate surface area is 218 Å². The lowest BCUT2D eigenvalue weighted by Gasteiger charge is -2.54. The third-order valence-electron chi connectivity index (χ3n) is 8.86. The molecule has 0 aromatic rings. The van der Waals surface area contributed by atoms with Crippen molar-refractivity contribution < 1.29 is 52.9 Å². The first-order chi connectivity index (χ1) is 17.5. The smallest absolute Gasteiger partial charge is 0.256 e. The standard InChI is InChI=1S/C25H43NO11/c1-13-14(2)37-25(32-7,10-24(13)11-35-24)19(28)21(29)26-22-18-17(33-12-34-22)20(31-6)23(3,4)16(36-18)8-15(9-27)30-5/h13-20,22,27-28H,8-12H2,1-7H3,(H,26,29)/t13-,14+,15+,16+,17-,18-,19+,20+,22+,24-,25+/m0/s1. The summed E-state index contributed by atoms with van der Waals surface area (Å²) in [6.45, 7) is 8.16. The van der Waals surface area contributed by atoms with Gasteiger partial charge in [0.15, 0.2) is 12.3 Å². The van der Waals surface area contributed by atoms with Gasteiger partial charge in [-0.1, -0.05) is 20.8 Å². The molecular weight excluding hydrogens is 490 g/mol. The van der Waals surface area contributed by atoms with E-state index in [2.05, 4.69) is 5.32 Å². The van der Waals surface area contributed by atoms with E-state index in [1.54, 1.807) is 7.11 Å². The van der Waals surface area contributed by atoms with Crippen LogP contribution in [0.5, 0.6) is 0 Å². The van der Waals surface area contributed by atoms with Crippen LogP contribution in [0.25, 0.3) is 0 Å². The third kappa shape index (κ3) is 5.18. The molecule has 4 heterocycles. The van der Waals surface area contributed by atoms with Gasteiger partial charge in [-0.2, -0.15) is 0 Å². The van der Waals surface area contributed by atoms with Crippen LogP contribution in [0.15, 0.2) is 0 Å². The molecule has 4 aliphatic heterocycles. The minimum absolute atomic E-state index is 0.0855. The number of ether oxygens (including phenoxy) is 8. The van der Waals surface area contributed by atoms with Crippen LogP contribution in [0.4, 0.5) is 0 Å². The number of aliphatic hydroxyl groups excluding tert-OH is 2. The fraction of sp³-hybridized carbons (Fsp3) is 0.960. The maximum atomic E-state index is 13.4. The van der Waals surface area contributed by atoms with Gasteiger partial charge >= 0.3 is 0 Å². The van der Waals surface area contributed by atoms with Crippen LogP contribution in [0.3, 0.4) is 0 Å². The summed E-state index contributed by atoms with van der Waals surface area (Å²) in [4.78, 5) is 13.4. The number of fused-ring (bicyclic) bond motifs is 1. The van der Waals surface area contributed by atoms with Crippen LogP contribution < -0.4 is 5.32 Å². The molecule has 11 atom stereocenters. The zero-order valence-corrected chi connectivity index (χ0v) is 22.8. The Balaban J connectivity index is 1.52. The molecule has 4 saturated heterocycles. The molecule has 1 amide bonds. The minimum atomic E-state index is -1.65. The molecule has 4 rings (SSSR count). The maximum absolute atomic E-state index is 13.4. The number of aliphatic hydroxyl groups is 2. The number of methoxy groups -OCH3 is 3. The van der Waals surface area contributed by atoms with Gasteiger partial charge in [0.25, 0.3) is 5.91 Å². The van der Waals surface area contributed by atoms with Crippen molar-refractivity contribution in [3.05, 3.63) is 0 Å². The number of epoxide rings is 1. The zero-order valence-electron chi connectivity index (χ0n) is 22.8. The van der Waals surface area contributed by atoms with Gasteiger partial charge in [0.1, 0.15) is 24.6 Å². The topological polar surface area (TPSA) is 147 Å². The summed E-state index contributed by atoms with van der Waals surface area (Å²) >= 11 is 0. The third-order valence-corrected chi connectivity index (χ3v) is 8.86. The number of hydrogen-bond acceptors (Lipinski definition) is 11. The zero-order chi connectivity index (χ0) is 27.2. The predicted octanol–water partition coefficient (Wildman–Crippen LogP) is -0.0749. The summed E-state index contributed by atoms with van der Waals surface area (Å²) in [6, 6.07) is 0. The lowest BCUT2D eigenvalue weighted by atomic mass is 9.72. The van der Waals surface area contributed by atoms with Crippen LogP contribution in [0.1, 0.15) is 40.5 Å². The van der Waals surface area contributed by atoms with Gasteiger partial charge in [-0.3, -0.25) is 4.79 Å². The Kier molecular flexibility index (Phi) is 8.57. The van der Waals surface area contributed by atoms with Crippen molar-refractivity contribution in [2.75, 3.05) is 41.3 Å². The molecule has 4 aliphatic rings. The Morgan fingerprint density at radius 3 is 2.43 bits per heavy atom. The number of nitrogens with one attached hydrogen (secondary N) is 1. The summed E-state index contributed by atoms with van der Waals surface area (Å²) in [5, 5.41) is 23.6. The predicted molar refractivity (Wildman–Crippen MR) is 127 cm³/mol. The molecule has 0 aromatic carbocycles. The molecule has 1 spiro atoms. The molecular formula is C25H43NO11. The molecule has 214 valence electrons. The first-order valence-corrected chi connectivity index (χ1v) is 12.9. The van der Waals surface area contributed by atoms with Gasteiger partial charge in [-0.05, 0) is 6.92 Å². The maximum Gasteiger partial charge on any atom is 0.256 e. The van der Waals surface area contributed by atoms with E-state index in [0.717, 1.165) is 0 Å². The normalized spacial score (nSPS) is 44.6. The van der Waals surface area contributed by atoms with Crippen LogP contribution in [-0.2, 0) is 42.7 Å². The fourth-order valence-electron chi connectivity index (χ4n) is 6.07. The highest BCUT2D eigenvalue weighted by Gasteiger charge is 2.64. The Morgan fingerprint density at radius 1 is 1.16 bits per heavy atom. The lowest BCUT2D eigenvalue weighted by Crippen LogP contribution is -2.70. The molecule has 0 unspecified atom stereocenters. The molecule has 37 heavy (non-hydrogen) atoms. The molecule has 12 nitrogen and oxygen atoms in total. The first kappa shape index (κ1) is 29.1. The SMILES string of the molecule is CO[C@@H](CO)C[C@H]1O[C@H]2[C@H](OCO[C@H]2NC(=O)[C@@H](O)[C@@]2(OC)C[C@]3(CO3)[C@@H](C)[C@@H](C)O2)[C@@H](OC)C1(C)C. The van der Waals surface area contributed by atoms with E-state index in [0.29, 0.717) is 13.0 Å². The van der Waals surface area contributed by atoms with E-state index in [1.807, 2.05) is 27.7 Å². The summed E-state index contributed by atoms with van der Waals surface area (Å²) in [7, 11) is 4.54. The molecule has 0 aliphatic carbocycles. The molecule has 12 heteroatoms. The highest BCUT2D eigenvalue weighted by Crippen LogP contribution is 2.51. The Hall–Kier alpha value is -0.930. The van der Waals surface area contributed by atoms with Crippen molar-refractivity contribution in [2.45, 2.75) is 101 Å². The first-order valence-electron chi connectivity index (χ1n) is 12.9. The molecule has 0 radical (unpaired) electrons. The van der Waals surface area contributed by atoms with Gasteiger partial charge < -0.3 is 53.4 Å². The monoisotopic (exact) mass is 533 g/mol. The second kappa shape index (κ2) is 10.9. The highest BCUT2D eigenvalue weighted by molar-refractivity contribution is 5.82. The van der Waals surface area contributed by atoms with E-state index in [1.165, 1.54) is 14.2 Å². The number of rotatable bonds is 9. The van der Waals surface area contributed by atoms with Crippen LogP contribution in [0.2, 0.25) is 0 Å². The Bertz CT molecular complexity index is 804. The van der Waals surface area contributed by atoms with Crippen molar-refractivity contribution >= 4 is 5.91 Å². The van der Waals surface area contributed by atoms with E-state index in [-0.39, 0.29) is 31.8 Å². The van der Waals surface area contributed by atoms with Crippen LogP contribution in [-0.4, -0.2) is 118 Å². The van der Waals surface area contributed by atoms with Crippen molar-refractivity contribution in [3.63, 3.8) is 0 Å². The quantitative estimate of drug-likeness (QED) is 0.342. The molecule has 3 N–H and O–H groups in total. The van der Waals surface area contributed by atoms with Gasteiger partial charge in [-0.25, -0.2) is 0 Å². The van der Waals surface area contributed by atoms with Crippen LogP contribution in [0, 0.1) is 11.3 Å². The summed E-state index contributed by atoms with van der Waals surface area (Å²) in [5.41, 5.74) is -0.995. The summed E-state index contributed by atoms with van der Waals surface area (Å²) in [6.07, 6.45) is -4.82. The van der Waals surface area contributed by atoms with E-state index < -0.39 is 65.6 Å². The van der Waals surface area contributed by atoms with Gasteiger partial charge in [-0.15, -0.1) is 0 Å². The average Bonchev–Trinajstić information content (AvgIpc) is 3.65. The van der Waals surface area contributed by atoms with Crippen LogP contribution >= 0.6 is 0 Å². The van der Waals surface area contributed by atoms with Crippen molar-refractivity contribution in [3.8, 4) is 0 Å². The second-order valence-electron chi connectivity index (χ2n) is 11.2. The minimum Gasteiger partial charge on any atom is -0.394 e. The number of carbonyl (C=O) groups is 1. The molecule has 0 saturated carbocycles. The molecule has 0 bridgehead atoms. The Morgan fingerprint density at radius 2 is 1.86 bits per heavy atom. The fourth-order valence-corrected chi connectivity index (χ4v) is 6.07. The largest absolute Gasteiger partial charge is 0.394 e. The van der Waals surface area contributed by atoms with Crippen molar-refractivity contribution in [2.24, 2.45) is 11.3 Å². The summed E-state index contributed by atoms with van der Waals surface area (Å²) in [5.74, 6) is -2.21. The van der Waals surface area contributed by atoms with Gasteiger partial charge in [0.2, 0.25) is 5.79 Å². The number of amides is 1. The summed E-state index contributed by atoms with van der Waals surface area (Å²) < 4.78 is 46.7. The average molecular weight is 534 g/mol. The molecule has 0 aromatic heterocycles. The van der Waals surface area contributed by atoms with E-state index in [4.69, 9.17) is 37.9 Å². The second-order valence-corrected chi connectivity index (χ2v) is 11.2. The van der Waals surface area contributed by atoms with E-state index in [9.17, 15) is 15.0 Å². The van der Waals surface area contributed by atoms with Gasteiger partial charge in [0.05, 0.1) is 37.6 Å². The highest BCUT2D eigenvalue weighted by atomic mass is 16.7. The van der Waals surface area contributed by atoms with E-state index >= 15 is 0 Å². The molecule has 4 fully saturated rings. The van der Waals surface area contributed by atoms with Crippen molar-refractivity contribution in [1.29, 1.82) is 0 Å².